The summed E-state index contributed by atoms with van der Waals surface area (Å²) in [6.07, 6.45) is 4.08. The van der Waals surface area contributed by atoms with E-state index in [0.717, 1.165) is 24.1 Å². The van der Waals surface area contributed by atoms with E-state index in [1.165, 1.54) is 5.56 Å². The van der Waals surface area contributed by atoms with Crippen molar-refractivity contribution in [2.45, 2.75) is 19.8 Å². The summed E-state index contributed by atoms with van der Waals surface area (Å²) in [7, 11) is 0. The number of hydrogen-bond acceptors (Lipinski definition) is 3. The predicted octanol–water partition coefficient (Wildman–Crippen LogP) is 2.80. The highest BCUT2D eigenvalue weighted by molar-refractivity contribution is 5.97. The van der Waals surface area contributed by atoms with Crippen LogP contribution in [0.2, 0.25) is 0 Å². The van der Waals surface area contributed by atoms with Crippen LogP contribution in [0.15, 0.2) is 47.8 Å². The molecule has 0 aliphatic rings. The fourth-order valence-corrected chi connectivity index (χ4v) is 1.90. The number of pyridine rings is 1. The van der Waals surface area contributed by atoms with Gasteiger partial charge in [0.2, 0.25) is 0 Å². The van der Waals surface area contributed by atoms with Crippen molar-refractivity contribution in [3.8, 4) is 11.3 Å². The summed E-state index contributed by atoms with van der Waals surface area (Å²) in [5, 5.41) is 11.6. The van der Waals surface area contributed by atoms with Crippen LogP contribution in [-0.2, 0) is 6.42 Å². The van der Waals surface area contributed by atoms with Gasteiger partial charge >= 0.3 is 0 Å². The number of aromatic nitrogens is 1. The Morgan fingerprint density at radius 3 is 2.47 bits per heavy atom. The normalized spacial score (nSPS) is 11.5. The quantitative estimate of drug-likeness (QED) is 0.382. The maximum atomic E-state index is 8.61. The number of oxime groups is 1. The molecule has 1 aromatic heterocycles. The summed E-state index contributed by atoms with van der Waals surface area (Å²) in [5.74, 6) is 0.109. The Morgan fingerprint density at radius 2 is 1.95 bits per heavy atom. The van der Waals surface area contributed by atoms with Gasteiger partial charge in [-0.2, -0.15) is 0 Å². The number of nitrogens with zero attached hydrogens (tertiary/aromatic N) is 2. The maximum absolute atomic E-state index is 8.61. The van der Waals surface area contributed by atoms with E-state index in [0.29, 0.717) is 5.56 Å². The fraction of sp³-hybridized carbons (Fsp3) is 0.200. The number of aryl methyl sites for hydroxylation is 1. The third kappa shape index (κ3) is 3.10. The van der Waals surface area contributed by atoms with Crippen molar-refractivity contribution < 1.29 is 5.21 Å². The average molecular weight is 255 g/mol. The zero-order valence-corrected chi connectivity index (χ0v) is 10.9. The van der Waals surface area contributed by atoms with Gasteiger partial charge in [-0.05, 0) is 18.1 Å². The Bertz CT molecular complexity index is 559. The molecule has 3 N–H and O–H groups in total. The lowest BCUT2D eigenvalue weighted by Crippen LogP contribution is -2.12. The molecule has 98 valence electrons. The van der Waals surface area contributed by atoms with Crippen LogP contribution in [0.4, 0.5) is 0 Å². The Kier molecular flexibility index (Phi) is 4.13. The Morgan fingerprint density at radius 1 is 1.21 bits per heavy atom. The first-order valence-electron chi connectivity index (χ1n) is 6.28. The van der Waals surface area contributed by atoms with Gasteiger partial charge in [0.15, 0.2) is 5.84 Å². The summed E-state index contributed by atoms with van der Waals surface area (Å²) in [4.78, 5) is 4.45. The van der Waals surface area contributed by atoms with Crippen molar-refractivity contribution in [1.82, 2.24) is 4.98 Å². The minimum absolute atomic E-state index is 0.109. The molecule has 0 atom stereocenters. The molecule has 0 unspecified atom stereocenters. The van der Waals surface area contributed by atoms with Gasteiger partial charge in [0.05, 0.1) is 5.69 Å². The first-order valence-corrected chi connectivity index (χ1v) is 6.28. The van der Waals surface area contributed by atoms with Crippen molar-refractivity contribution >= 4 is 5.84 Å². The summed E-state index contributed by atoms with van der Waals surface area (Å²) in [6, 6.07) is 11.6. The Labute approximate surface area is 112 Å². The lowest BCUT2D eigenvalue weighted by Gasteiger charge is -2.04. The van der Waals surface area contributed by atoms with E-state index in [1.807, 2.05) is 36.5 Å². The number of benzene rings is 1. The van der Waals surface area contributed by atoms with Crippen LogP contribution in [-0.4, -0.2) is 16.0 Å². The number of hydrogen-bond donors (Lipinski definition) is 2. The van der Waals surface area contributed by atoms with Crippen LogP contribution < -0.4 is 5.73 Å². The van der Waals surface area contributed by atoms with Crippen LogP contribution in [0.3, 0.4) is 0 Å². The molecule has 4 nitrogen and oxygen atoms in total. The molecule has 1 heterocycles. The smallest absolute Gasteiger partial charge is 0.170 e. The molecule has 0 saturated heterocycles. The van der Waals surface area contributed by atoms with Crippen molar-refractivity contribution in [2.24, 2.45) is 10.9 Å². The van der Waals surface area contributed by atoms with E-state index in [9.17, 15) is 0 Å². The van der Waals surface area contributed by atoms with Crippen LogP contribution in [0.5, 0.6) is 0 Å². The topological polar surface area (TPSA) is 71.5 Å². The van der Waals surface area contributed by atoms with Crippen molar-refractivity contribution in [2.75, 3.05) is 0 Å². The van der Waals surface area contributed by atoms with Gasteiger partial charge in [-0.3, -0.25) is 4.98 Å². The molecule has 0 radical (unpaired) electrons. The van der Waals surface area contributed by atoms with Gasteiger partial charge in [-0.1, -0.05) is 48.8 Å². The summed E-state index contributed by atoms with van der Waals surface area (Å²) in [5.41, 5.74) is 9.39. The molecule has 2 aromatic rings. The number of amidine groups is 1. The zero-order chi connectivity index (χ0) is 13.7. The first kappa shape index (κ1) is 13.1. The molecule has 1 aromatic carbocycles. The molecule has 0 fully saturated rings. The fourth-order valence-electron chi connectivity index (χ4n) is 1.90. The van der Waals surface area contributed by atoms with E-state index in [-0.39, 0.29) is 5.84 Å². The van der Waals surface area contributed by atoms with Gasteiger partial charge in [0, 0.05) is 17.3 Å². The monoisotopic (exact) mass is 255 g/mol. The minimum atomic E-state index is 0.109. The van der Waals surface area contributed by atoms with Gasteiger partial charge in [-0.15, -0.1) is 0 Å². The molecule has 0 aliphatic carbocycles. The maximum Gasteiger partial charge on any atom is 0.170 e. The number of rotatable bonds is 4. The molecule has 0 amide bonds. The van der Waals surface area contributed by atoms with Crippen molar-refractivity contribution in [1.29, 1.82) is 0 Å². The predicted molar refractivity (Wildman–Crippen MR) is 76.2 cm³/mol. The lowest BCUT2D eigenvalue weighted by atomic mass is 10.1. The minimum Gasteiger partial charge on any atom is -0.409 e. The molecular weight excluding hydrogens is 238 g/mol. The van der Waals surface area contributed by atoms with Crippen molar-refractivity contribution in [3.63, 3.8) is 0 Å². The highest BCUT2D eigenvalue weighted by Gasteiger charge is 2.02. The molecule has 0 bridgehead atoms. The SMILES string of the molecule is CCCc1ccc(-c2ccc(C(N)=NO)cc2)nc1. The number of nitrogens with two attached hydrogens (primary N) is 1. The molecule has 0 saturated carbocycles. The second kappa shape index (κ2) is 6.00. The van der Waals surface area contributed by atoms with E-state index in [1.54, 1.807) is 0 Å². The third-order valence-electron chi connectivity index (χ3n) is 2.95. The van der Waals surface area contributed by atoms with E-state index in [2.05, 4.69) is 23.1 Å². The molecule has 2 rings (SSSR count). The molecule has 19 heavy (non-hydrogen) atoms. The zero-order valence-electron chi connectivity index (χ0n) is 10.9. The highest BCUT2D eigenvalue weighted by atomic mass is 16.4. The van der Waals surface area contributed by atoms with Gasteiger partial charge in [-0.25, -0.2) is 0 Å². The largest absolute Gasteiger partial charge is 0.409 e. The lowest BCUT2D eigenvalue weighted by molar-refractivity contribution is 0.318. The van der Waals surface area contributed by atoms with Crippen LogP contribution in [0.1, 0.15) is 24.5 Å². The summed E-state index contributed by atoms with van der Waals surface area (Å²) < 4.78 is 0. The van der Waals surface area contributed by atoms with Crippen LogP contribution >= 0.6 is 0 Å². The summed E-state index contributed by atoms with van der Waals surface area (Å²) >= 11 is 0. The van der Waals surface area contributed by atoms with Gasteiger partial charge < -0.3 is 10.9 Å². The van der Waals surface area contributed by atoms with E-state index >= 15 is 0 Å². The molecule has 0 aliphatic heterocycles. The van der Waals surface area contributed by atoms with Crippen LogP contribution in [0, 0.1) is 0 Å². The average Bonchev–Trinajstić information content (AvgIpc) is 2.48. The van der Waals surface area contributed by atoms with Gasteiger partial charge in [0.25, 0.3) is 0 Å². The molecule has 0 spiro atoms. The van der Waals surface area contributed by atoms with E-state index in [4.69, 9.17) is 10.9 Å². The second-order valence-corrected chi connectivity index (χ2v) is 4.36. The Hall–Kier alpha value is -2.36. The van der Waals surface area contributed by atoms with E-state index < -0.39 is 0 Å². The highest BCUT2D eigenvalue weighted by Crippen LogP contribution is 2.18. The second-order valence-electron chi connectivity index (χ2n) is 4.36. The molecular formula is C15H17N3O. The third-order valence-corrected chi connectivity index (χ3v) is 2.95. The summed E-state index contributed by atoms with van der Waals surface area (Å²) in [6.45, 7) is 2.15. The van der Waals surface area contributed by atoms with Gasteiger partial charge in [0.1, 0.15) is 0 Å². The van der Waals surface area contributed by atoms with Crippen LogP contribution in [0.25, 0.3) is 11.3 Å². The first-order chi connectivity index (χ1) is 9.24. The standard InChI is InChI=1S/C15H17N3O/c1-2-3-11-4-9-14(17-10-11)12-5-7-13(8-6-12)15(16)18-19/h4-10,19H,2-3H2,1H3,(H2,16,18). The van der Waals surface area contributed by atoms with Crippen molar-refractivity contribution in [3.05, 3.63) is 53.7 Å². The molecule has 4 heteroatoms. The Balaban J connectivity index is 2.22.